The molecule has 0 aliphatic heterocycles. The lowest BCUT2D eigenvalue weighted by Crippen LogP contribution is -2.00. The molecule has 0 atom stereocenters. The summed E-state index contributed by atoms with van der Waals surface area (Å²) in [5, 5.41) is 5.08. The molecule has 0 saturated carbocycles. The van der Waals surface area contributed by atoms with E-state index in [1.807, 2.05) is 72.0 Å². The second-order valence-corrected chi connectivity index (χ2v) is 13.5. The molecule has 3 heterocycles. The molecule has 0 N–H and O–H groups in total. The third-order valence-corrected chi connectivity index (χ3v) is 10.6. The van der Waals surface area contributed by atoms with Gasteiger partial charge >= 0.3 is 0 Å². The highest BCUT2D eigenvalue weighted by Crippen LogP contribution is 2.45. The van der Waals surface area contributed by atoms with Gasteiger partial charge in [-0.2, -0.15) is 0 Å². The van der Waals surface area contributed by atoms with Crippen LogP contribution >= 0.6 is 11.3 Å². The van der Waals surface area contributed by atoms with Gasteiger partial charge in [-0.05, 0) is 53.6 Å². The Morgan fingerprint density at radius 1 is 0.380 bits per heavy atom. The van der Waals surface area contributed by atoms with Crippen molar-refractivity contribution in [2.75, 3.05) is 0 Å². The zero-order valence-electron chi connectivity index (χ0n) is 26.9. The van der Waals surface area contributed by atoms with Crippen LogP contribution in [-0.2, 0) is 0 Å². The Kier molecular flexibility index (Phi) is 6.64. The van der Waals surface area contributed by atoms with E-state index in [1.165, 1.54) is 53.1 Å². The summed E-state index contributed by atoms with van der Waals surface area (Å²) in [4.78, 5) is 14.8. The molecule has 0 spiro atoms. The van der Waals surface area contributed by atoms with Gasteiger partial charge in [-0.15, -0.1) is 11.3 Å². The van der Waals surface area contributed by atoms with Crippen LogP contribution in [-0.4, -0.2) is 19.5 Å². The topological polar surface area (TPSA) is 43.6 Å². The first-order valence-corrected chi connectivity index (χ1v) is 17.5. The first-order chi connectivity index (χ1) is 24.8. The van der Waals surface area contributed by atoms with Crippen LogP contribution in [0.5, 0.6) is 0 Å². The molecule has 10 rings (SSSR count). The molecule has 10 aromatic rings. The molecule has 4 nitrogen and oxygen atoms in total. The number of nitrogens with zero attached hydrogens (tertiary/aromatic N) is 4. The van der Waals surface area contributed by atoms with Gasteiger partial charge < -0.3 is 4.57 Å². The van der Waals surface area contributed by atoms with Crippen molar-refractivity contribution in [1.29, 1.82) is 0 Å². The summed E-state index contributed by atoms with van der Waals surface area (Å²) in [6, 6.07) is 59.7. The minimum Gasteiger partial charge on any atom is -0.309 e. The quantitative estimate of drug-likeness (QED) is 0.185. The number of benzene rings is 7. The summed E-state index contributed by atoms with van der Waals surface area (Å²) in [6.45, 7) is 0. The third-order valence-electron chi connectivity index (χ3n) is 9.46. The molecule has 0 aliphatic rings. The summed E-state index contributed by atoms with van der Waals surface area (Å²) in [5.41, 5.74) is 8.77. The van der Waals surface area contributed by atoms with E-state index in [4.69, 9.17) is 15.0 Å². The van der Waals surface area contributed by atoms with Crippen molar-refractivity contribution in [2.45, 2.75) is 0 Å². The molecule has 0 bridgehead atoms. The highest BCUT2D eigenvalue weighted by atomic mass is 32.1. The van der Waals surface area contributed by atoms with E-state index in [0.717, 1.165) is 22.4 Å². The largest absolute Gasteiger partial charge is 0.309 e. The van der Waals surface area contributed by atoms with Crippen LogP contribution in [0.25, 0.3) is 93.0 Å². The maximum Gasteiger partial charge on any atom is 0.164 e. The van der Waals surface area contributed by atoms with Crippen molar-refractivity contribution in [2.24, 2.45) is 0 Å². The van der Waals surface area contributed by atoms with E-state index < -0.39 is 0 Å². The standard InChI is InChI=1S/C45H28N4S/c1-4-13-29(14-5-1)34-20-12-21-37-40(34)36-27-28-39-41(35-19-10-11-22-38(35)50-39)42(36)49(37)33-25-23-32(24-26-33)45-47-43(30-15-6-2-7-16-30)46-44(48-45)31-17-8-3-9-18-31/h1-28H. The van der Waals surface area contributed by atoms with Crippen LogP contribution in [0.2, 0.25) is 0 Å². The van der Waals surface area contributed by atoms with Crippen molar-refractivity contribution < 1.29 is 0 Å². The zero-order valence-corrected chi connectivity index (χ0v) is 27.7. The summed E-state index contributed by atoms with van der Waals surface area (Å²) >= 11 is 1.85. The average Bonchev–Trinajstić information content (AvgIpc) is 3.75. The number of fused-ring (bicyclic) bond motifs is 7. The fourth-order valence-electron chi connectivity index (χ4n) is 7.19. The summed E-state index contributed by atoms with van der Waals surface area (Å²) in [6.07, 6.45) is 0. The van der Waals surface area contributed by atoms with Crippen LogP contribution in [0.3, 0.4) is 0 Å². The maximum atomic E-state index is 4.98. The lowest BCUT2D eigenvalue weighted by molar-refractivity contribution is 1.07. The van der Waals surface area contributed by atoms with Crippen LogP contribution in [0.1, 0.15) is 0 Å². The van der Waals surface area contributed by atoms with Crippen molar-refractivity contribution in [3.63, 3.8) is 0 Å². The van der Waals surface area contributed by atoms with Gasteiger partial charge in [0.1, 0.15) is 0 Å². The van der Waals surface area contributed by atoms with Crippen LogP contribution in [0.15, 0.2) is 170 Å². The van der Waals surface area contributed by atoms with Gasteiger partial charge in [0, 0.05) is 53.3 Å². The van der Waals surface area contributed by atoms with E-state index in [-0.39, 0.29) is 0 Å². The highest BCUT2D eigenvalue weighted by Gasteiger charge is 2.21. The third kappa shape index (κ3) is 4.63. The summed E-state index contributed by atoms with van der Waals surface area (Å²) in [7, 11) is 0. The molecule has 3 aromatic heterocycles. The van der Waals surface area contributed by atoms with Gasteiger partial charge in [0.25, 0.3) is 0 Å². The predicted octanol–water partition coefficient (Wildman–Crippen LogP) is 12.0. The Hall–Kier alpha value is -6.43. The number of rotatable bonds is 5. The van der Waals surface area contributed by atoms with Gasteiger partial charge in [0.05, 0.1) is 11.0 Å². The van der Waals surface area contributed by atoms with Gasteiger partial charge in [0.2, 0.25) is 0 Å². The fourth-order valence-corrected chi connectivity index (χ4v) is 8.29. The van der Waals surface area contributed by atoms with Crippen molar-refractivity contribution >= 4 is 53.3 Å². The fraction of sp³-hybridized carbons (Fsp3) is 0. The molecule has 5 heteroatoms. The lowest BCUT2D eigenvalue weighted by atomic mass is 9.99. The Balaban J connectivity index is 1.21. The summed E-state index contributed by atoms with van der Waals surface area (Å²) in [5.74, 6) is 1.95. The van der Waals surface area contributed by atoms with Crippen molar-refractivity contribution in [1.82, 2.24) is 19.5 Å². The Morgan fingerprint density at radius 3 is 1.58 bits per heavy atom. The second kappa shape index (κ2) is 11.6. The molecule has 234 valence electrons. The molecule has 0 aliphatic carbocycles. The van der Waals surface area contributed by atoms with Gasteiger partial charge in [-0.1, -0.05) is 127 Å². The normalized spacial score (nSPS) is 11.6. The first kappa shape index (κ1) is 28.6. The molecule has 0 fully saturated rings. The number of hydrogen-bond acceptors (Lipinski definition) is 4. The van der Waals surface area contributed by atoms with Gasteiger partial charge in [-0.3, -0.25) is 0 Å². The zero-order chi connectivity index (χ0) is 33.0. The molecule has 0 radical (unpaired) electrons. The predicted molar refractivity (Wildman–Crippen MR) is 209 cm³/mol. The molecular formula is C45H28N4S. The highest BCUT2D eigenvalue weighted by molar-refractivity contribution is 7.26. The number of thiophene rings is 1. The lowest BCUT2D eigenvalue weighted by Gasteiger charge is -2.11. The SMILES string of the molecule is c1ccc(-c2nc(-c3ccccc3)nc(-c3ccc(-n4c5cccc(-c6ccccc6)c5c5ccc6sc7ccccc7c6c54)cc3)n2)cc1. The Labute approximate surface area is 292 Å². The Bertz CT molecular complexity index is 2780. The maximum absolute atomic E-state index is 4.98. The molecule has 0 unspecified atom stereocenters. The molecule has 50 heavy (non-hydrogen) atoms. The van der Waals surface area contributed by atoms with Crippen LogP contribution in [0, 0.1) is 0 Å². The molecular weight excluding hydrogens is 629 g/mol. The summed E-state index contributed by atoms with van der Waals surface area (Å²) < 4.78 is 5.03. The van der Waals surface area contributed by atoms with E-state index >= 15 is 0 Å². The minimum atomic E-state index is 0.643. The van der Waals surface area contributed by atoms with E-state index in [0.29, 0.717) is 17.5 Å². The van der Waals surface area contributed by atoms with Crippen molar-refractivity contribution in [3.05, 3.63) is 170 Å². The smallest absolute Gasteiger partial charge is 0.164 e. The van der Waals surface area contributed by atoms with E-state index in [9.17, 15) is 0 Å². The van der Waals surface area contributed by atoms with E-state index in [2.05, 4.69) is 114 Å². The van der Waals surface area contributed by atoms with Gasteiger partial charge in [0.15, 0.2) is 17.5 Å². The first-order valence-electron chi connectivity index (χ1n) is 16.7. The molecule has 7 aromatic carbocycles. The number of aromatic nitrogens is 4. The van der Waals surface area contributed by atoms with Crippen LogP contribution in [0.4, 0.5) is 0 Å². The average molecular weight is 657 g/mol. The second-order valence-electron chi connectivity index (χ2n) is 12.4. The molecule has 0 saturated heterocycles. The van der Waals surface area contributed by atoms with Crippen molar-refractivity contribution in [3.8, 4) is 51.0 Å². The van der Waals surface area contributed by atoms with Gasteiger partial charge in [-0.25, -0.2) is 15.0 Å². The number of hydrogen-bond donors (Lipinski definition) is 0. The minimum absolute atomic E-state index is 0.643. The monoisotopic (exact) mass is 656 g/mol. The Morgan fingerprint density at radius 2 is 0.940 bits per heavy atom. The van der Waals surface area contributed by atoms with Crippen LogP contribution < -0.4 is 0 Å². The van der Waals surface area contributed by atoms with E-state index in [1.54, 1.807) is 0 Å². The molecule has 0 amide bonds.